The summed E-state index contributed by atoms with van der Waals surface area (Å²) in [7, 11) is 0. The second-order valence-corrected chi connectivity index (χ2v) is 9.54. The highest BCUT2D eigenvalue weighted by atomic mass is 16.6. The molecule has 1 rings (SSSR count). The Hall–Kier alpha value is -2.57. The SMILES string of the molecule is CCN(C(=O)CNC(=O)OC(C)(C)C)C(C(=O)NC(C)(C)C)c1cc(C)ccc1C. The largest absolute Gasteiger partial charge is 0.444 e. The van der Waals surface area contributed by atoms with Crippen LogP contribution >= 0.6 is 0 Å². The summed E-state index contributed by atoms with van der Waals surface area (Å²) in [5.41, 5.74) is 1.57. The molecule has 0 bridgehead atoms. The first-order chi connectivity index (χ1) is 13.6. The van der Waals surface area contributed by atoms with E-state index in [9.17, 15) is 14.4 Å². The summed E-state index contributed by atoms with van der Waals surface area (Å²) < 4.78 is 5.19. The Kier molecular flexibility index (Phi) is 8.45. The second-order valence-electron chi connectivity index (χ2n) is 9.54. The predicted molar refractivity (Wildman–Crippen MR) is 118 cm³/mol. The molecule has 3 amide bonds. The van der Waals surface area contributed by atoms with E-state index in [1.54, 1.807) is 20.8 Å². The number of aryl methyl sites for hydroxylation is 2. The molecule has 0 fully saturated rings. The summed E-state index contributed by atoms with van der Waals surface area (Å²) in [6.45, 7) is 16.7. The lowest BCUT2D eigenvalue weighted by Gasteiger charge is -2.34. The fourth-order valence-corrected chi connectivity index (χ4v) is 3.01. The molecule has 0 aliphatic carbocycles. The first-order valence-corrected chi connectivity index (χ1v) is 10.3. The van der Waals surface area contributed by atoms with E-state index in [0.29, 0.717) is 6.54 Å². The van der Waals surface area contributed by atoms with Gasteiger partial charge in [0.1, 0.15) is 18.2 Å². The number of hydrogen-bond donors (Lipinski definition) is 2. The number of alkyl carbamates (subject to hydrolysis) is 1. The van der Waals surface area contributed by atoms with Crippen LogP contribution in [0.25, 0.3) is 0 Å². The number of amides is 3. The average Bonchev–Trinajstić information content (AvgIpc) is 2.56. The molecule has 1 unspecified atom stereocenters. The number of hydrogen-bond acceptors (Lipinski definition) is 4. The zero-order valence-corrected chi connectivity index (χ0v) is 19.8. The van der Waals surface area contributed by atoms with Gasteiger partial charge in [0, 0.05) is 12.1 Å². The third-order valence-electron chi connectivity index (χ3n) is 4.23. The molecule has 0 radical (unpaired) electrons. The smallest absolute Gasteiger partial charge is 0.408 e. The molecule has 30 heavy (non-hydrogen) atoms. The van der Waals surface area contributed by atoms with Crippen molar-refractivity contribution in [2.75, 3.05) is 13.1 Å². The van der Waals surface area contributed by atoms with Crippen molar-refractivity contribution in [3.63, 3.8) is 0 Å². The number of carbonyl (C=O) groups is 3. The van der Waals surface area contributed by atoms with Gasteiger partial charge in [0.05, 0.1) is 0 Å². The van der Waals surface area contributed by atoms with Crippen LogP contribution < -0.4 is 10.6 Å². The Bertz CT molecular complexity index is 776. The Morgan fingerprint density at radius 2 is 1.67 bits per heavy atom. The molecule has 7 heteroatoms. The van der Waals surface area contributed by atoms with Gasteiger partial charge in [0.25, 0.3) is 0 Å². The van der Waals surface area contributed by atoms with Crippen LogP contribution in [0.4, 0.5) is 4.79 Å². The zero-order valence-electron chi connectivity index (χ0n) is 19.8. The van der Waals surface area contributed by atoms with Crippen molar-refractivity contribution in [2.24, 2.45) is 0 Å². The molecular weight excluding hydrogens is 382 g/mol. The van der Waals surface area contributed by atoms with Crippen LogP contribution in [-0.4, -0.2) is 47.0 Å². The van der Waals surface area contributed by atoms with Crippen molar-refractivity contribution in [3.8, 4) is 0 Å². The zero-order chi connectivity index (χ0) is 23.3. The van der Waals surface area contributed by atoms with Crippen LogP contribution in [0.5, 0.6) is 0 Å². The Morgan fingerprint density at radius 3 is 2.17 bits per heavy atom. The van der Waals surface area contributed by atoms with Crippen molar-refractivity contribution in [2.45, 2.75) is 79.5 Å². The first-order valence-electron chi connectivity index (χ1n) is 10.3. The van der Waals surface area contributed by atoms with Crippen molar-refractivity contribution in [1.29, 1.82) is 0 Å². The topological polar surface area (TPSA) is 87.7 Å². The molecule has 0 saturated heterocycles. The molecule has 0 heterocycles. The van der Waals surface area contributed by atoms with Gasteiger partial charge in [0.15, 0.2) is 0 Å². The summed E-state index contributed by atoms with van der Waals surface area (Å²) in [4.78, 5) is 39.7. The van der Waals surface area contributed by atoms with E-state index < -0.39 is 23.3 Å². The summed E-state index contributed by atoms with van der Waals surface area (Å²) >= 11 is 0. The van der Waals surface area contributed by atoms with Crippen LogP contribution in [0, 0.1) is 13.8 Å². The van der Waals surface area contributed by atoms with E-state index in [2.05, 4.69) is 10.6 Å². The molecule has 168 valence electrons. The normalized spacial score (nSPS) is 12.7. The minimum atomic E-state index is -0.804. The maximum Gasteiger partial charge on any atom is 0.408 e. The maximum absolute atomic E-state index is 13.2. The predicted octanol–water partition coefficient (Wildman–Crippen LogP) is 3.63. The molecule has 1 aromatic rings. The van der Waals surface area contributed by atoms with Gasteiger partial charge >= 0.3 is 6.09 Å². The molecule has 0 aliphatic heterocycles. The van der Waals surface area contributed by atoms with Crippen molar-refractivity contribution in [1.82, 2.24) is 15.5 Å². The number of likely N-dealkylation sites (N-methyl/N-ethyl adjacent to an activating group) is 1. The fourth-order valence-electron chi connectivity index (χ4n) is 3.01. The lowest BCUT2D eigenvalue weighted by Crippen LogP contribution is -2.51. The van der Waals surface area contributed by atoms with Gasteiger partial charge in [-0.2, -0.15) is 0 Å². The van der Waals surface area contributed by atoms with Gasteiger partial charge in [-0.1, -0.05) is 23.8 Å². The average molecular weight is 420 g/mol. The van der Waals surface area contributed by atoms with E-state index >= 15 is 0 Å². The van der Waals surface area contributed by atoms with E-state index in [0.717, 1.165) is 16.7 Å². The van der Waals surface area contributed by atoms with Gasteiger partial charge in [-0.15, -0.1) is 0 Å². The van der Waals surface area contributed by atoms with E-state index in [1.807, 2.05) is 59.7 Å². The summed E-state index contributed by atoms with van der Waals surface area (Å²) in [5.74, 6) is -0.623. The third kappa shape index (κ3) is 8.05. The Morgan fingerprint density at radius 1 is 1.07 bits per heavy atom. The quantitative estimate of drug-likeness (QED) is 0.737. The molecule has 2 N–H and O–H groups in total. The fraction of sp³-hybridized carbons (Fsp3) is 0.609. The number of carbonyl (C=O) groups excluding carboxylic acids is 3. The van der Waals surface area contributed by atoms with Crippen LogP contribution in [0.15, 0.2) is 18.2 Å². The highest BCUT2D eigenvalue weighted by molar-refractivity contribution is 5.91. The molecular formula is C23H37N3O4. The highest BCUT2D eigenvalue weighted by Gasteiger charge is 2.33. The van der Waals surface area contributed by atoms with E-state index in [1.165, 1.54) is 4.90 Å². The van der Waals surface area contributed by atoms with Crippen LogP contribution in [-0.2, 0) is 14.3 Å². The Labute approximate surface area is 180 Å². The second kappa shape index (κ2) is 9.96. The lowest BCUT2D eigenvalue weighted by molar-refractivity contribution is -0.140. The minimum Gasteiger partial charge on any atom is -0.444 e. The highest BCUT2D eigenvalue weighted by Crippen LogP contribution is 2.26. The van der Waals surface area contributed by atoms with Crippen LogP contribution in [0.3, 0.4) is 0 Å². The molecule has 1 atom stereocenters. The van der Waals surface area contributed by atoms with Crippen molar-refractivity contribution < 1.29 is 19.1 Å². The monoisotopic (exact) mass is 419 g/mol. The molecule has 7 nitrogen and oxygen atoms in total. The number of rotatable bonds is 6. The molecule has 0 aromatic heterocycles. The van der Waals surface area contributed by atoms with Crippen molar-refractivity contribution >= 4 is 17.9 Å². The van der Waals surface area contributed by atoms with Gasteiger partial charge in [0.2, 0.25) is 11.8 Å². The maximum atomic E-state index is 13.2. The third-order valence-corrected chi connectivity index (χ3v) is 4.23. The standard InChI is InChI=1S/C23H37N3O4/c1-10-26(18(27)14-24-21(29)30-23(7,8)9)19(20(28)25-22(4,5)6)17-13-15(2)11-12-16(17)3/h11-13,19H,10,14H2,1-9H3,(H,24,29)(H,25,28). The minimum absolute atomic E-state index is 0.257. The summed E-state index contributed by atoms with van der Waals surface area (Å²) in [5, 5.41) is 5.47. The van der Waals surface area contributed by atoms with Crippen molar-refractivity contribution in [3.05, 3.63) is 34.9 Å². The molecule has 0 aliphatic rings. The van der Waals surface area contributed by atoms with E-state index in [-0.39, 0.29) is 18.4 Å². The van der Waals surface area contributed by atoms with Gasteiger partial charge < -0.3 is 20.3 Å². The summed E-state index contributed by atoms with van der Waals surface area (Å²) in [6.07, 6.45) is -0.672. The summed E-state index contributed by atoms with van der Waals surface area (Å²) in [6, 6.07) is 5.04. The Balaban J connectivity index is 3.19. The number of nitrogens with zero attached hydrogens (tertiary/aromatic N) is 1. The van der Waals surface area contributed by atoms with Gasteiger partial charge in [-0.3, -0.25) is 9.59 Å². The number of ether oxygens (including phenoxy) is 1. The molecule has 0 spiro atoms. The molecule has 0 saturated carbocycles. The van der Waals surface area contributed by atoms with Crippen LogP contribution in [0.2, 0.25) is 0 Å². The first kappa shape index (κ1) is 25.5. The van der Waals surface area contributed by atoms with Gasteiger partial charge in [-0.05, 0) is 73.4 Å². The van der Waals surface area contributed by atoms with Crippen LogP contribution in [0.1, 0.15) is 71.2 Å². The van der Waals surface area contributed by atoms with E-state index in [4.69, 9.17) is 4.74 Å². The number of benzene rings is 1. The molecule has 1 aromatic carbocycles. The van der Waals surface area contributed by atoms with Gasteiger partial charge in [-0.25, -0.2) is 4.79 Å². The lowest BCUT2D eigenvalue weighted by atomic mass is 9.95. The number of nitrogens with one attached hydrogen (secondary N) is 2.